The van der Waals surface area contributed by atoms with Crippen LogP contribution in [-0.2, 0) is 9.59 Å². The number of allylic oxidation sites excluding steroid dienone is 1. The zero-order valence-electron chi connectivity index (χ0n) is 13.6. The second-order valence-corrected chi connectivity index (χ2v) is 5.04. The molecular formula is C20H19N3O2. The van der Waals surface area contributed by atoms with Gasteiger partial charge in [0.15, 0.2) is 0 Å². The average Bonchev–Trinajstić information content (AvgIpc) is 2.66. The van der Waals surface area contributed by atoms with E-state index in [1.54, 1.807) is 12.2 Å². The zero-order valence-corrected chi connectivity index (χ0v) is 13.6. The van der Waals surface area contributed by atoms with Gasteiger partial charge in [-0.15, -0.1) is 0 Å². The number of hydrazone groups is 1. The molecule has 0 aliphatic rings. The van der Waals surface area contributed by atoms with E-state index >= 15 is 0 Å². The molecule has 0 saturated carbocycles. The molecule has 2 aromatic carbocycles. The number of rotatable bonds is 7. The van der Waals surface area contributed by atoms with Gasteiger partial charge < -0.3 is 5.32 Å². The minimum absolute atomic E-state index is 0.141. The summed E-state index contributed by atoms with van der Waals surface area (Å²) >= 11 is 0. The van der Waals surface area contributed by atoms with Crippen molar-refractivity contribution < 1.29 is 9.59 Å². The van der Waals surface area contributed by atoms with Gasteiger partial charge in [0.25, 0.3) is 5.91 Å². The SMILES string of the molecule is O=C(C=Cc1ccccc1)NCC(=O)NN=CC=Cc1ccccc1. The predicted molar refractivity (Wildman–Crippen MR) is 101 cm³/mol. The fraction of sp³-hybridized carbons (Fsp3) is 0.0500. The fourth-order valence-corrected chi connectivity index (χ4v) is 1.87. The number of benzene rings is 2. The number of hydrogen-bond donors (Lipinski definition) is 2. The molecule has 0 atom stereocenters. The highest BCUT2D eigenvalue weighted by molar-refractivity contribution is 5.94. The van der Waals surface area contributed by atoms with Crippen LogP contribution < -0.4 is 10.7 Å². The quantitative estimate of drug-likeness (QED) is 0.464. The molecule has 0 fully saturated rings. The van der Waals surface area contributed by atoms with Crippen LogP contribution in [0.5, 0.6) is 0 Å². The summed E-state index contributed by atoms with van der Waals surface area (Å²) < 4.78 is 0. The van der Waals surface area contributed by atoms with E-state index in [9.17, 15) is 9.59 Å². The van der Waals surface area contributed by atoms with Crippen molar-refractivity contribution in [2.75, 3.05) is 6.54 Å². The first kappa shape index (κ1) is 17.9. The zero-order chi connectivity index (χ0) is 17.7. The number of carbonyl (C=O) groups is 2. The summed E-state index contributed by atoms with van der Waals surface area (Å²) in [7, 11) is 0. The Morgan fingerprint density at radius 3 is 2.12 bits per heavy atom. The summed E-state index contributed by atoms with van der Waals surface area (Å²) in [6.07, 6.45) is 8.12. The Bertz CT molecular complexity index is 766. The lowest BCUT2D eigenvalue weighted by molar-refractivity contribution is -0.123. The van der Waals surface area contributed by atoms with E-state index in [1.807, 2.05) is 66.7 Å². The molecule has 5 nitrogen and oxygen atoms in total. The van der Waals surface area contributed by atoms with Crippen LogP contribution in [0.2, 0.25) is 0 Å². The lowest BCUT2D eigenvalue weighted by atomic mass is 10.2. The van der Waals surface area contributed by atoms with E-state index in [-0.39, 0.29) is 12.5 Å². The smallest absolute Gasteiger partial charge is 0.259 e. The summed E-state index contributed by atoms with van der Waals surface area (Å²) in [5, 5.41) is 6.27. The maximum atomic E-state index is 11.6. The van der Waals surface area contributed by atoms with Crippen LogP contribution in [0.25, 0.3) is 12.2 Å². The van der Waals surface area contributed by atoms with Crippen LogP contribution in [0.1, 0.15) is 11.1 Å². The molecule has 25 heavy (non-hydrogen) atoms. The molecule has 0 saturated heterocycles. The van der Waals surface area contributed by atoms with Crippen molar-refractivity contribution in [1.29, 1.82) is 0 Å². The van der Waals surface area contributed by atoms with Gasteiger partial charge in [0.1, 0.15) is 0 Å². The van der Waals surface area contributed by atoms with Gasteiger partial charge in [-0.25, -0.2) is 5.43 Å². The minimum Gasteiger partial charge on any atom is -0.343 e. The van der Waals surface area contributed by atoms with Crippen LogP contribution in [0, 0.1) is 0 Å². The number of hydrogen-bond acceptors (Lipinski definition) is 3. The molecule has 126 valence electrons. The number of nitrogens with zero attached hydrogens (tertiary/aromatic N) is 1. The first-order valence-electron chi connectivity index (χ1n) is 7.78. The Morgan fingerprint density at radius 2 is 1.48 bits per heavy atom. The molecular weight excluding hydrogens is 314 g/mol. The van der Waals surface area contributed by atoms with Crippen molar-refractivity contribution in [2.24, 2.45) is 5.10 Å². The first-order chi connectivity index (χ1) is 12.2. The van der Waals surface area contributed by atoms with Gasteiger partial charge in [-0.1, -0.05) is 66.7 Å². The number of carbonyl (C=O) groups excluding carboxylic acids is 2. The maximum Gasteiger partial charge on any atom is 0.259 e. The molecule has 0 unspecified atom stereocenters. The molecule has 0 aromatic heterocycles. The Balaban J connectivity index is 1.66. The summed E-state index contributed by atoms with van der Waals surface area (Å²) in [6, 6.07) is 19.2. The second kappa shape index (κ2) is 10.3. The van der Waals surface area contributed by atoms with E-state index in [4.69, 9.17) is 0 Å². The summed E-state index contributed by atoms with van der Waals surface area (Å²) in [5.41, 5.74) is 4.29. The van der Waals surface area contributed by atoms with E-state index in [2.05, 4.69) is 15.8 Å². The van der Waals surface area contributed by atoms with Crippen LogP contribution in [0.15, 0.2) is 77.9 Å². The Morgan fingerprint density at radius 1 is 0.880 bits per heavy atom. The Kier molecular flexibility index (Phi) is 7.39. The van der Waals surface area contributed by atoms with Crippen molar-refractivity contribution >= 4 is 30.2 Å². The Labute approximate surface area is 146 Å². The van der Waals surface area contributed by atoms with E-state index < -0.39 is 5.91 Å². The summed E-state index contributed by atoms with van der Waals surface area (Å²) in [6.45, 7) is -0.141. The van der Waals surface area contributed by atoms with Crippen LogP contribution in [0.3, 0.4) is 0 Å². The number of nitrogens with one attached hydrogen (secondary N) is 2. The molecule has 0 aliphatic carbocycles. The van der Waals surface area contributed by atoms with E-state index in [1.165, 1.54) is 12.3 Å². The lowest BCUT2D eigenvalue weighted by Gasteiger charge is -2.00. The third kappa shape index (κ3) is 7.56. The third-order valence-corrected chi connectivity index (χ3v) is 3.09. The molecule has 5 heteroatoms. The van der Waals surface area contributed by atoms with Crippen LogP contribution in [0.4, 0.5) is 0 Å². The molecule has 2 amide bonds. The van der Waals surface area contributed by atoms with Crippen LogP contribution >= 0.6 is 0 Å². The van der Waals surface area contributed by atoms with Gasteiger partial charge in [0, 0.05) is 12.3 Å². The standard InChI is InChI=1S/C20H19N3O2/c24-19(14-13-18-10-5-2-6-11-18)21-16-20(25)23-22-15-7-12-17-8-3-1-4-9-17/h1-15H,16H2,(H,21,24)(H,23,25). The maximum absolute atomic E-state index is 11.6. The predicted octanol–water partition coefficient (Wildman–Crippen LogP) is 2.63. The van der Waals surface area contributed by atoms with Crippen molar-refractivity contribution in [3.05, 3.63) is 83.9 Å². The summed E-state index contributed by atoms with van der Waals surface area (Å²) in [5.74, 6) is -0.738. The Hall–Kier alpha value is -3.47. The molecule has 0 radical (unpaired) electrons. The monoisotopic (exact) mass is 333 g/mol. The highest BCUT2D eigenvalue weighted by atomic mass is 16.2. The molecule has 2 aromatic rings. The topological polar surface area (TPSA) is 70.6 Å². The van der Waals surface area contributed by atoms with Gasteiger partial charge in [-0.2, -0.15) is 5.10 Å². The average molecular weight is 333 g/mol. The number of amides is 2. The highest BCUT2D eigenvalue weighted by Crippen LogP contribution is 2.00. The largest absolute Gasteiger partial charge is 0.343 e. The van der Waals surface area contributed by atoms with Gasteiger partial charge in [-0.05, 0) is 23.3 Å². The first-order valence-corrected chi connectivity index (χ1v) is 7.78. The summed E-state index contributed by atoms with van der Waals surface area (Å²) in [4.78, 5) is 23.2. The second-order valence-electron chi connectivity index (χ2n) is 5.04. The molecule has 0 aliphatic heterocycles. The van der Waals surface area contributed by atoms with E-state index in [0.717, 1.165) is 11.1 Å². The highest BCUT2D eigenvalue weighted by Gasteiger charge is 2.01. The van der Waals surface area contributed by atoms with Crippen molar-refractivity contribution in [3.8, 4) is 0 Å². The van der Waals surface area contributed by atoms with Gasteiger partial charge >= 0.3 is 0 Å². The molecule has 0 spiro atoms. The molecule has 2 N–H and O–H groups in total. The fourth-order valence-electron chi connectivity index (χ4n) is 1.87. The van der Waals surface area contributed by atoms with Crippen LogP contribution in [-0.4, -0.2) is 24.6 Å². The van der Waals surface area contributed by atoms with E-state index in [0.29, 0.717) is 0 Å². The molecule has 2 rings (SSSR count). The third-order valence-electron chi connectivity index (χ3n) is 3.09. The lowest BCUT2D eigenvalue weighted by Crippen LogP contribution is -2.33. The van der Waals surface area contributed by atoms with Gasteiger partial charge in [0.2, 0.25) is 5.91 Å². The van der Waals surface area contributed by atoms with Crippen molar-refractivity contribution in [3.63, 3.8) is 0 Å². The normalized spacial score (nSPS) is 11.2. The van der Waals surface area contributed by atoms with Crippen molar-refractivity contribution in [2.45, 2.75) is 0 Å². The van der Waals surface area contributed by atoms with Gasteiger partial charge in [-0.3, -0.25) is 9.59 Å². The minimum atomic E-state index is -0.397. The molecule has 0 heterocycles. The van der Waals surface area contributed by atoms with Gasteiger partial charge in [0.05, 0.1) is 6.54 Å². The van der Waals surface area contributed by atoms with Crippen molar-refractivity contribution in [1.82, 2.24) is 10.7 Å². The molecule has 0 bridgehead atoms.